The number of hydrogen-bond donors (Lipinski definition) is 0. The lowest BCUT2D eigenvalue weighted by Gasteiger charge is -2.20. The first-order chi connectivity index (χ1) is 7.91. The molecule has 0 radical (unpaired) electrons. The molecule has 17 heavy (non-hydrogen) atoms. The number of carbonyl (C=O) groups excluding carboxylic acids is 1. The van der Waals surface area contributed by atoms with Gasteiger partial charge in [0.2, 0.25) is 0 Å². The van der Waals surface area contributed by atoms with Gasteiger partial charge in [-0.25, -0.2) is 0 Å². The summed E-state index contributed by atoms with van der Waals surface area (Å²) in [5.74, 6) is -0.0307. The van der Waals surface area contributed by atoms with Crippen LogP contribution in [0, 0.1) is 6.92 Å². The molecular weight excluding hydrogens is 236 g/mol. The Bertz CT molecular complexity index is 404. The van der Waals surface area contributed by atoms with E-state index >= 15 is 0 Å². The van der Waals surface area contributed by atoms with Crippen molar-refractivity contribution in [1.82, 2.24) is 9.80 Å². The molecule has 0 bridgehead atoms. The van der Waals surface area contributed by atoms with Crippen LogP contribution in [0.25, 0.3) is 0 Å². The van der Waals surface area contributed by atoms with Crippen LogP contribution < -0.4 is 0 Å². The van der Waals surface area contributed by atoms with E-state index in [9.17, 15) is 4.79 Å². The summed E-state index contributed by atoms with van der Waals surface area (Å²) in [6.45, 7) is 3.48. The summed E-state index contributed by atoms with van der Waals surface area (Å²) in [5, 5.41) is 0.520. The van der Waals surface area contributed by atoms with Gasteiger partial charge in [-0.2, -0.15) is 0 Å². The molecule has 0 saturated carbocycles. The molecule has 1 rings (SSSR count). The molecule has 0 aliphatic rings. The second kappa shape index (κ2) is 6.03. The van der Waals surface area contributed by atoms with Gasteiger partial charge in [0.25, 0.3) is 5.91 Å². The third-order valence-corrected chi connectivity index (χ3v) is 2.90. The number of likely N-dealkylation sites (N-methyl/N-ethyl adjacent to an activating group) is 2. The normalized spacial score (nSPS) is 10.7. The summed E-state index contributed by atoms with van der Waals surface area (Å²) < 4.78 is 0. The topological polar surface area (TPSA) is 23.6 Å². The fourth-order valence-electron chi connectivity index (χ4n) is 1.45. The zero-order valence-corrected chi connectivity index (χ0v) is 11.6. The number of nitrogens with zero attached hydrogens (tertiary/aromatic N) is 2. The molecule has 3 nitrogen and oxygen atoms in total. The van der Waals surface area contributed by atoms with Gasteiger partial charge in [0.1, 0.15) is 0 Å². The third kappa shape index (κ3) is 4.02. The predicted molar refractivity (Wildman–Crippen MR) is 71.7 cm³/mol. The van der Waals surface area contributed by atoms with Crippen molar-refractivity contribution in [2.45, 2.75) is 6.92 Å². The molecule has 0 aromatic heterocycles. The lowest BCUT2D eigenvalue weighted by atomic mass is 10.1. The molecule has 0 spiro atoms. The maximum atomic E-state index is 12.1. The Morgan fingerprint density at radius 1 is 1.24 bits per heavy atom. The minimum atomic E-state index is -0.0307. The van der Waals surface area contributed by atoms with E-state index in [0.29, 0.717) is 17.1 Å². The maximum Gasteiger partial charge on any atom is 0.255 e. The molecule has 1 amide bonds. The van der Waals surface area contributed by atoms with Gasteiger partial charge in [-0.15, -0.1) is 0 Å². The molecule has 94 valence electrons. The molecule has 0 fully saturated rings. The van der Waals surface area contributed by atoms with E-state index in [1.165, 1.54) is 0 Å². The highest BCUT2D eigenvalue weighted by atomic mass is 35.5. The smallest absolute Gasteiger partial charge is 0.255 e. The molecule has 1 aromatic carbocycles. The van der Waals surface area contributed by atoms with Crippen molar-refractivity contribution in [2.75, 3.05) is 34.2 Å². The quantitative estimate of drug-likeness (QED) is 0.823. The Morgan fingerprint density at radius 2 is 1.88 bits per heavy atom. The summed E-state index contributed by atoms with van der Waals surface area (Å²) in [6.07, 6.45) is 0. The number of hydrogen-bond acceptors (Lipinski definition) is 2. The highest BCUT2D eigenvalue weighted by molar-refractivity contribution is 6.33. The summed E-state index contributed by atoms with van der Waals surface area (Å²) in [6, 6.07) is 5.50. The number of halogens is 1. The minimum absolute atomic E-state index is 0.0307. The van der Waals surface area contributed by atoms with Gasteiger partial charge in [0.05, 0.1) is 10.6 Å². The van der Waals surface area contributed by atoms with Crippen molar-refractivity contribution >= 4 is 17.5 Å². The molecule has 0 N–H and O–H groups in total. The predicted octanol–water partition coefficient (Wildman–Crippen LogP) is 2.28. The summed E-state index contributed by atoms with van der Waals surface area (Å²) >= 11 is 6.07. The SMILES string of the molecule is Cc1ccc(C(=O)N(C)CCN(C)C)c(Cl)c1. The van der Waals surface area contributed by atoms with Crippen molar-refractivity contribution in [2.24, 2.45) is 0 Å². The van der Waals surface area contributed by atoms with Crippen LogP contribution in [0.5, 0.6) is 0 Å². The van der Waals surface area contributed by atoms with Crippen LogP contribution in [0.15, 0.2) is 18.2 Å². The van der Waals surface area contributed by atoms with Crippen molar-refractivity contribution in [3.8, 4) is 0 Å². The van der Waals surface area contributed by atoms with Crippen molar-refractivity contribution in [3.05, 3.63) is 34.3 Å². The van der Waals surface area contributed by atoms with E-state index in [0.717, 1.165) is 12.1 Å². The van der Waals surface area contributed by atoms with Gasteiger partial charge in [0.15, 0.2) is 0 Å². The van der Waals surface area contributed by atoms with Crippen molar-refractivity contribution in [1.29, 1.82) is 0 Å². The average Bonchev–Trinajstić information content (AvgIpc) is 2.25. The molecule has 1 aromatic rings. The van der Waals surface area contributed by atoms with E-state index < -0.39 is 0 Å². The highest BCUT2D eigenvalue weighted by Gasteiger charge is 2.14. The van der Waals surface area contributed by atoms with Crippen LogP contribution in [0.2, 0.25) is 5.02 Å². The molecule has 0 aliphatic carbocycles. The molecule has 0 atom stereocenters. The lowest BCUT2D eigenvalue weighted by Crippen LogP contribution is -2.33. The first kappa shape index (κ1) is 14.0. The minimum Gasteiger partial charge on any atom is -0.340 e. The lowest BCUT2D eigenvalue weighted by molar-refractivity contribution is 0.0786. The monoisotopic (exact) mass is 254 g/mol. The van der Waals surface area contributed by atoms with Crippen LogP contribution in [-0.4, -0.2) is 49.9 Å². The van der Waals surface area contributed by atoms with Crippen LogP contribution in [-0.2, 0) is 0 Å². The zero-order chi connectivity index (χ0) is 13.0. The van der Waals surface area contributed by atoms with Crippen LogP contribution in [0.3, 0.4) is 0 Å². The number of benzene rings is 1. The number of amides is 1. The van der Waals surface area contributed by atoms with Gasteiger partial charge in [-0.3, -0.25) is 4.79 Å². The first-order valence-electron chi connectivity index (χ1n) is 5.58. The Kier molecular flexibility index (Phi) is 4.97. The van der Waals surface area contributed by atoms with E-state index in [1.807, 2.05) is 38.1 Å². The van der Waals surface area contributed by atoms with Crippen LogP contribution in [0.1, 0.15) is 15.9 Å². The van der Waals surface area contributed by atoms with E-state index in [-0.39, 0.29) is 5.91 Å². The number of aryl methyl sites for hydroxylation is 1. The second-order valence-corrected chi connectivity index (χ2v) is 4.92. The zero-order valence-electron chi connectivity index (χ0n) is 10.8. The van der Waals surface area contributed by atoms with Gasteiger partial charge >= 0.3 is 0 Å². The van der Waals surface area contributed by atoms with Gasteiger partial charge in [-0.1, -0.05) is 17.7 Å². The molecule has 0 saturated heterocycles. The third-order valence-electron chi connectivity index (χ3n) is 2.58. The Morgan fingerprint density at radius 3 is 2.41 bits per heavy atom. The van der Waals surface area contributed by atoms with Crippen molar-refractivity contribution in [3.63, 3.8) is 0 Å². The summed E-state index contributed by atoms with van der Waals surface area (Å²) in [5.41, 5.74) is 1.63. The largest absolute Gasteiger partial charge is 0.340 e. The van der Waals surface area contributed by atoms with E-state index in [2.05, 4.69) is 0 Å². The second-order valence-electron chi connectivity index (χ2n) is 4.51. The fraction of sp³-hybridized carbons (Fsp3) is 0.462. The number of rotatable bonds is 4. The fourth-order valence-corrected chi connectivity index (χ4v) is 1.77. The standard InChI is InChI=1S/C13H19ClN2O/c1-10-5-6-11(12(14)9-10)13(17)16(4)8-7-15(2)3/h5-6,9H,7-8H2,1-4H3. The Hall–Kier alpha value is -1.06. The van der Waals surface area contributed by atoms with Crippen LogP contribution >= 0.6 is 11.6 Å². The van der Waals surface area contributed by atoms with Gasteiger partial charge < -0.3 is 9.80 Å². The number of carbonyl (C=O) groups is 1. The highest BCUT2D eigenvalue weighted by Crippen LogP contribution is 2.18. The van der Waals surface area contributed by atoms with Gasteiger partial charge in [-0.05, 0) is 38.7 Å². The van der Waals surface area contributed by atoms with E-state index in [1.54, 1.807) is 18.0 Å². The molecule has 0 unspecified atom stereocenters. The molecule has 0 heterocycles. The Balaban J connectivity index is 2.75. The summed E-state index contributed by atoms with van der Waals surface area (Å²) in [4.78, 5) is 15.8. The molecule has 4 heteroatoms. The molecular formula is C13H19ClN2O. The van der Waals surface area contributed by atoms with Crippen LogP contribution in [0.4, 0.5) is 0 Å². The summed E-state index contributed by atoms with van der Waals surface area (Å²) in [7, 11) is 5.76. The van der Waals surface area contributed by atoms with E-state index in [4.69, 9.17) is 11.6 Å². The maximum absolute atomic E-state index is 12.1. The molecule has 0 aliphatic heterocycles. The van der Waals surface area contributed by atoms with Crippen molar-refractivity contribution < 1.29 is 4.79 Å². The average molecular weight is 255 g/mol. The van der Waals surface area contributed by atoms with Gasteiger partial charge in [0, 0.05) is 20.1 Å². The first-order valence-corrected chi connectivity index (χ1v) is 5.96. The Labute approximate surface area is 108 Å².